The summed E-state index contributed by atoms with van der Waals surface area (Å²) in [5, 5.41) is 0. The summed E-state index contributed by atoms with van der Waals surface area (Å²) >= 11 is 0. The molecule has 0 bridgehead atoms. The second kappa shape index (κ2) is 7.24. The van der Waals surface area contributed by atoms with Crippen LogP contribution in [-0.4, -0.2) is 56.9 Å². The van der Waals surface area contributed by atoms with Crippen molar-refractivity contribution in [3.05, 3.63) is 30.3 Å². The van der Waals surface area contributed by atoms with E-state index in [0.29, 0.717) is 25.9 Å². The molecule has 122 valence electrons. The minimum atomic E-state index is -2.88. The van der Waals surface area contributed by atoms with Gasteiger partial charge in [-0.2, -0.15) is 0 Å². The number of carbonyl (C=O) groups excluding carboxylic acids is 1. The van der Waals surface area contributed by atoms with Gasteiger partial charge in [0.05, 0.1) is 11.5 Å². The molecular weight excluding hydrogens is 300 g/mol. The first-order valence-corrected chi connectivity index (χ1v) is 9.51. The number of hydrogen-bond donors (Lipinski definition) is 0. The van der Waals surface area contributed by atoms with Crippen molar-refractivity contribution in [2.75, 3.05) is 36.5 Å². The molecular formula is C16H24N2O3S. The molecule has 6 heteroatoms. The second-order valence-corrected chi connectivity index (χ2v) is 7.99. The summed E-state index contributed by atoms with van der Waals surface area (Å²) in [6, 6.07) is 9.66. The number of benzene rings is 1. The van der Waals surface area contributed by atoms with E-state index >= 15 is 0 Å². The van der Waals surface area contributed by atoms with Gasteiger partial charge in [0, 0.05) is 31.2 Å². The molecule has 1 heterocycles. The number of rotatable bonds is 6. The number of anilines is 1. The van der Waals surface area contributed by atoms with Crippen molar-refractivity contribution >= 4 is 21.4 Å². The third-order valence-corrected chi connectivity index (χ3v) is 5.95. The predicted octanol–water partition coefficient (Wildman–Crippen LogP) is 1.55. The lowest BCUT2D eigenvalue weighted by Gasteiger charge is -2.25. The molecule has 0 aliphatic carbocycles. The van der Waals surface area contributed by atoms with E-state index in [2.05, 4.69) is 0 Å². The highest BCUT2D eigenvalue weighted by atomic mass is 32.2. The van der Waals surface area contributed by atoms with Crippen LogP contribution in [0.25, 0.3) is 0 Å². The Bertz CT molecular complexity index is 601. The van der Waals surface area contributed by atoms with Gasteiger partial charge in [-0.05, 0) is 32.5 Å². The average molecular weight is 324 g/mol. The first-order chi connectivity index (χ1) is 10.4. The van der Waals surface area contributed by atoms with Gasteiger partial charge >= 0.3 is 0 Å². The molecule has 1 fully saturated rings. The molecule has 22 heavy (non-hydrogen) atoms. The van der Waals surface area contributed by atoms with Gasteiger partial charge in [-0.3, -0.25) is 4.79 Å². The van der Waals surface area contributed by atoms with Gasteiger partial charge in [0.25, 0.3) is 0 Å². The number of carbonyl (C=O) groups is 1. The van der Waals surface area contributed by atoms with Gasteiger partial charge in [0.15, 0.2) is 9.84 Å². The maximum absolute atomic E-state index is 12.4. The number of sulfone groups is 1. The minimum absolute atomic E-state index is 0.0459. The molecule has 0 spiro atoms. The van der Waals surface area contributed by atoms with E-state index in [-0.39, 0.29) is 23.5 Å². The van der Waals surface area contributed by atoms with E-state index in [1.54, 1.807) is 4.90 Å². The molecule has 1 unspecified atom stereocenters. The summed E-state index contributed by atoms with van der Waals surface area (Å²) in [4.78, 5) is 16.2. The SMILES string of the molecule is CCN(C(=O)CCN(C)C1CCS(=O)(=O)C1)c1ccccc1. The van der Waals surface area contributed by atoms with Crippen molar-refractivity contribution in [1.82, 2.24) is 4.90 Å². The Labute approximate surface area is 132 Å². The van der Waals surface area contributed by atoms with Crippen molar-refractivity contribution in [3.8, 4) is 0 Å². The Kier molecular flexibility index (Phi) is 5.58. The number of nitrogens with zero attached hydrogens (tertiary/aromatic N) is 2. The zero-order valence-electron chi connectivity index (χ0n) is 13.2. The molecule has 0 radical (unpaired) electrons. The van der Waals surface area contributed by atoms with Crippen LogP contribution in [0, 0.1) is 0 Å². The predicted molar refractivity (Wildman–Crippen MR) is 88.8 cm³/mol. The van der Waals surface area contributed by atoms with E-state index < -0.39 is 9.84 Å². The number of amides is 1. The first kappa shape index (κ1) is 17.0. The van der Waals surface area contributed by atoms with Crippen molar-refractivity contribution < 1.29 is 13.2 Å². The smallest absolute Gasteiger partial charge is 0.228 e. The summed E-state index contributed by atoms with van der Waals surface area (Å²) in [7, 11) is -0.980. The van der Waals surface area contributed by atoms with Crippen LogP contribution in [0.5, 0.6) is 0 Å². The Morgan fingerprint density at radius 3 is 2.50 bits per heavy atom. The third-order valence-electron chi connectivity index (χ3n) is 4.20. The molecule has 0 N–H and O–H groups in total. The summed E-state index contributed by atoms with van der Waals surface area (Å²) in [5.74, 6) is 0.552. The zero-order valence-corrected chi connectivity index (χ0v) is 14.1. The van der Waals surface area contributed by atoms with Crippen molar-refractivity contribution in [2.45, 2.75) is 25.8 Å². The molecule has 1 aromatic carbocycles. The lowest BCUT2D eigenvalue weighted by molar-refractivity contribution is -0.118. The Morgan fingerprint density at radius 2 is 1.95 bits per heavy atom. The van der Waals surface area contributed by atoms with Crippen LogP contribution >= 0.6 is 0 Å². The van der Waals surface area contributed by atoms with E-state index in [4.69, 9.17) is 0 Å². The molecule has 2 rings (SSSR count). The molecule has 1 aromatic rings. The standard InChI is InChI=1S/C16H24N2O3S/c1-3-18(14-7-5-4-6-8-14)16(19)9-11-17(2)15-10-12-22(20,21)13-15/h4-8,15H,3,9-13H2,1-2H3. The molecule has 5 nitrogen and oxygen atoms in total. The van der Waals surface area contributed by atoms with Gasteiger partial charge in [-0.25, -0.2) is 8.42 Å². The Balaban J connectivity index is 1.89. The Morgan fingerprint density at radius 1 is 1.27 bits per heavy atom. The topological polar surface area (TPSA) is 57.7 Å². The normalized spacial score (nSPS) is 20.2. The summed E-state index contributed by atoms with van der Waals surface area (Å²) < 4.78 is 23.0. The largest absolute Gasteiger partial charge is 0.313 e. The van der Waals surface area contributed by atoms with Crippen molar-refractivity contribution in [3.63, 3.8) is 0 Å². The first-order valence-electron chi connectivity index (χ1n) is 7.69. The summed E-state index contributed by atoms with van der Waals surface area (Å²) in [6.07, 6.45) is 1.07. The molecule has 1 aliphatic heterocycles. The van der Waals surface area contributed by atoms with Crippen LogP contribution in [0.15, 0.2) is 30.3 Å². The van der Waals surface area contributed by atoms with Gasteiger partial charge in [0.2, 0.25) is 5.91 Å². The Hall–Kier alpha value is -1.40. The van der Waals surface area contributed by atoms with E-state index in [9.17, 15) is 13.2 Å². The van der Waals surface area contributed by atoms with Crippen LogP contribution in [0.3, 0.4) is 0 Å². The maximum Gasteiger partial charge on any atom is 0.228 e. The van der Waals surface area contributed by atoms with Crippen molar-refractivity contribution in [1.29, 1.82) is 0 Å². The van der Waals surface area contributed by atoms with Crippen LogP contribution in [-0.2, 0) is 14.6 Å². The van der Waals surface area contributed by atoms with Crippen LogP contribution in [0.2, 0.25) is 0 Å². The lowest BCUT2D eigenvalue weighted by Crippen LogP contribution is -2.37. The van der Waals surface area contributed by atoms with Crippen LogP contribution in [0.1, 0.15) is 19.8 Å². The third kappa shape index (κ3) is 4.30. The monoisotopic (exact) mass is 324 g/mol. The molecule has 1 saturated heterocycles. The highest BCUT2D eigenvalue weighted by molar-refractivity contribution is 7.91. The summed E-state index contributed by atoms with van der Waals surface area (Å²) in [6.45, 7) is 3.17. The fourth-order valence-corrected chi connectivity index (χ4v) is 4.63. The van der Waals surface area contributed by atoms with E-state index in [1.165, 1.54) is 0 Å². The lowest BCUT2D eigenvalue weighted by atomic mass is 10.2. The maximum atomic E-state index is 12.4. The van der Waals surface area contributed by atoms with Gasteiger partial charge in [-0.1, -0.05) is 18.2 Å². The molecule has 1 amide bonds. The molecule has 1 aliphatic rings. The highest BCUT2D eigenvalue weighted by Crippen LogP contribution is 2.18. The fraction of sp³-hybridized carbons (Fsp3) is 0.562. The molecule has 1 atom stereocenters. The quantitative estimate of drug-likeness (QED) is 0.797. The summed E-state index contributed by atoms with van der Waals surface area (Å²) in [5.41, 5.74) is 0.904. The zero-order chi connectivity index (χ0) is 16.2. The van der Waals surface area contributed by atoms with Crippen molar-refractivity contribution in [2.24, 2.45) is 0 Å². The molecule has 0 saturated carbocycles. The van der Waals surface area contributed by atoms with E-state index in [1.807, 2.05) is 49.2 Å². The number of hydrogen-bond acceptors (Lipinski definition) is 4. The van der Waals surface area contributed by atoms with Gasteiger partial charge in [0.1, 0.15) is 0 Å². The van der Waals surface area contributed by atoms with E-state index in [0.717, 1.165) is 5.69 Å². The van der Waals surface area contributed by atoms with Gasteiger partial charge in [-0.15, -0.1) is 0 Å². The average Bonchev–Trinajstić information content (AvgIpc) is 2.87. The van der Waals surface area contributed by atoms with Crippen LogP contribution < -0.4 is 4.90 Å². The second-order valence-electron chi connectivity index (χ2n) is 5.76. The van der Waals surface area contributed by atoms with Crippen LogP contribution in [0.4, 0.5) is 5.69 Å². The number of para-hydroxylation sites is 1. The molecule has 0 aromatic heterocycles. The van der Waals surface area contributed by atoms with Gasteiger partial charge < -0.3 is 9.80 Å². The minimum Gasteiger partial charge on any atom is -0.313 e. The fourth-order valence-electron chi connectivity index (χ4n) is 2.82. The highest BCUT2D eigenvalue weighted by Gasteiger charge is 2.30.